The van der Waals surface area contributed by atoms with Gasteiger partial charge in [-0.2, -0.15) is 0 Å². The Morgan fingerprint density at radius 2 is 0.904 bits per heavy atom. The zero-order valence-electron chi connectivity index (χ0n) is 55.4. The molecular formula is C51H32O. The monoisotopic (exact) mass is 689 g/mol. The highest BCUT2D eigenvalue weighted by atomic mass is 16.3. The van der Waals surface area contributed by atoms with Gasteiger partial charge in [-0.05, 0) is 130 Å². The van der Waals surface area contributed by atoms with Crippen LogP contribution in [0.1, 0.15) is 45.3 Å². The van der Waals surface area contributed by atoms with Gasteiger partial charge in [-0.3, -0.25) is 0 Å². The van der Waals surface area contributed by atoms with Crippen LogP contribution in [0.15, 0.2) is 180 Å². The van der Waals surface area contributed by atoms with Crippen LogP contribution in [0, 0.1) is 6.92 Å². The smallest absolute Gasteiger partial charge is 0.136 e. The number of furan rings is 1. The molecule has 0 fully saturated rings. The molecule has 0 N–H and O–H groups in total. The number of hydrogen-bond acceptors (Lipinski definition) is 1. The summed E-state index contributed by atoms with van der Waals surface area (Å²) in [4.78, 5) is 0. The molecule has 0 atom stereocenters. The second kappa shape index (κ2) is 11.2. The van der Waals surface area contributed by atoms with E-state index in [1.165, 1.54) is 6.92 Å². The van der Waals surface area contributed by atoms with Gasteiger partial charge in [-0.1, -0.05) is 145 Å². The van der Waals surface area contributed by atoms with E-state index in [1.807, 2.05) is 0 Å². The van der Waals surface area contributed by atoms with E-state index in [1.54, 1.807) is 0 Å². The van der Waals surface area contributed by atoms with E-state index < -0.39 is 284 Å². The third-order valence-corrected chi connectivity index (χ3v) is 8.70. The third kappa shape index (κ3) is 4.43. The SMILES string of the molecule is [2H]c1c([2H])c(-c2c([2H])c([2H])c3c(c2[2H])c([2H])c([2H])c2c([2H])c([2H])c([2H])c([2H])c23)c([2H])c(-c2c3c([2H])c([2H])c([2H])c([2H])c3c(-c3c([2H])c([2H])c4oc5c([2H])c6c([2H])c([2H])c([2H])c([2H])c6c([2H])c5c4c3[2H])c3c([2H])c([2H])c(C)c([2H])c23)c1[2H]. The van der Waals surface area contributed by atoms with E-state index >= 15 is 0 Å². The number of benzene rings is 10. The number of fused-ring (bicyclic) bond motifs is 9. The molecule has 0 saturated carbocycles. The molecule has 1 heterocycles. The molecule has 1 nitrogen and oxygen atoms in total. The fourth-order valence-corrected chi connectivity index (χ4v) is 6.42. The van der Waals surface area contributed by atoms with Crippen LogP contribution in [0.25, 0.3) is 109 Å². The van der Waals surface area contributed by atoms with Gasteiger partial charge < -0.3 is 4.42 Å². The van der Waals surface area contributed by atoms with Crippen molar-refractivity contribution in [1.82, 2.24) is 0 Å². The predicted octanol–water partition coefficient (Wildman–Crippen LogP) is 14.7. The molecule has 0 bridgehead atoms. The second-order valence-electron chi connectivity index (χ2n) is 11.8. The quantitative estimate of drug-likeness (QED) is 0.133. The minimum atomic E-state index is -1.07. The molecule has 0 aliphatic heterocycles. The van der Waals surface area contributed by atoms with Crippen LogP contribution in [0.5, 0.6) is 0 Å². The van der Waals surface area contributed by atoms with Gasteiger partial charge in [-0.15, -0.1) is 0 Å². The van der Waals surface area contributed by atoms with Crippen molar-refractivity contribution in [2.24, 2.45) is 0 Å². The van der Waals surface area contributed by atoms with Gasteiger partial charge in [-0.25, -0.2) is 0 Å². The normalized spacial score (nSPS) is 19.8. The van der Waals surface area contributed by atoms with Crippen LogP contribution in [0.3, 0.4) is 0 Å². The van der Waals surface area contributed by atoms with Gasteiger partial charge in [0.25, 0.3) is 0 Å². The maximum absolute atomic E-state index is 9.97. The fourth-order valence-electron chi connectivity index (χ4n) is 6.42. The summed E-state index contributed by atoms with van der Waals surface area (Å²) >= 11 is 0. The van der Waals surface area contributed by atoms with Crippen molar-refractivity contribution in [1.29, 1.82) is 0 Å². The largest absolute Gasteiger partial charge is 0.456 e. The lowest BCUT2D eigenvalue weighted by Gasteiger charge is -2.19. The lowest BCUT2D eigenvalue weighted by atomic mass is 9.84. The first-order valence-corrected chi connectivity index (χ1v) is 15.7. The second-order valence-corrected chi connectivity index (χ2v) is 11.8. The van der Waals surface area contributed by atoms with Crippen molar-refractivity contribution in [3.63, 3.8) is 0 Å². The van der Waals surface area contributed by atoms with Crippen molar-refractivity contribution in [2.75, 3.05) is 0 Å². The first-order valence-electron chi connectivity index (χ1n) is 30.2. The highest BCUT2D eigenvalue weighted by molar-refractivity contribution is 6.22. The molecule has 10 aromatic carbocycles. The summed E-state index contributed by atoms with van der Waals surface area (Å²) in [6.07, 6.45) is 0. The first-order chi connectivity index (χ1) is 37.8. The molecule has 242 valence electrons. The molecule has 0 aliphatic rings. The standard InChI is InChI=1S/C51H32O/c1-31-17-22-44-47(25-31)51(38-13-8-12-33(27-38)36-20-23-41-37(26-36)19-18-32-9-4-5-14-40(32)41)43-16-7-6-15-42(43)50(44)39-21-24-48-45(29-39)46-28-34-10-2-3-11-35(34)30-49(46)52-48/h2-30H,1H3/i2D,3D,4D,5D,6D,7D,8D,9D,10D,11D,12D,13D,14D,15D,16D,17D,18D,19D,20D,21D,22D,23D,24D,25D,26D,27D,28D,29D,30D. The van der Waals surface area contributed by atoms with Crippen molar-refractivity contribution < 1.29 is 44.2 Å². The summed E-state index contributed by atoms with van der Waals surface area (Å²) in [5.74, 6) is 0. The average Bonchev–Trinajstić information content (AvgIpc) is 4.06. The van der Waals surface area contributed by atoms with Gasteiger partial charge >= 0.3 is 0 Å². The van der Waals surface area contributed by atoms with Crippen LogP contribution >= 0.6 is 0 Å². The summed E-state index contributed by atoms with van der Waals surface area (Å²) in [5.41, 5.74) is -6.09. The summed E-state index contributed by atoms with van der Waals surface area (Å²) in [6, 6.07) is -25.1. The summed E-state index contributed by atoms with van der Waals surface area (Å²) in [6.45, 7) is 1.23. The molecule has 0 spiro atoms. The van der Waals surface area contributed by atoms with Crippen molar-refractivity contribution >= 4 is 75.8 Å². The Kier molecular flexibility index (Phi) is 2.68. The molecule has 52 heavy (non-hydrogen) atoms. The molecule has 0 saturated heterocycles. The molecule has 11 rings (SSSR count). The average molecular weight is 690 g/mol. The van der Waals surface area contributed by atoms with Crippen LogP contribution < -0.4 is 0 Å². The molecule has 0 unspecified atom stereocenters. The third-order valence-electron chi connectivity index (χ3n) is 8.70. The molecule has 11 aromatic rings. The van der Waals surface area contributed by atoms with Crippen LogP contribution in [-0.2, 0) is 0 Å². The van der Waals surface area contributed by atoms with Gasteiger partial charge in [0.05, 0.1) is 39.8 Å². The Hall–Kier alpha value is -6.70. The summed E-state index contributed by atoms with van der Waals surface area (Å²) < 4.78 is 271. The molecule has 0 aliphatic carbocycles. The Labute approximate surface area is 341 Å². The van der Waals surface area contributed by atoms with E-state index in [-0.39, 0.29) is 5.56 Å². The number of hydrogen-bond donors (Lipinski definition) is 0. The Bertz CT molecular complexity index is 4840. The Morgan fingerprint density at radius 1 is 0.327 bits per heavy atom. The maximum atomic E-state index is 9.97. The zero-order chi connectivity index (χ0) is 59.6. The Morgan fingerprint density at radius 3 is 1.75 bits per heavy atom. The van der Waals surface area contributed by atoms with Crippen LogP contribution in [0.2, 0.25) is 0 Å². The van der Waals surface area contributed by atoms with E-state index in [9.17, 15) is 20.6 Å². The molecule has 1 aromatic heterocycles. The topological polar surface area (TPSA) is 13.1 Å². The lowest BCUT2D eigenvalue weighted by molar-refractivity contribution is 0.669. The van der Waals surface area contributed by atoms with E-state index in [0.29, 0.717) is 0 Å². The molecule has 0 amide bonds. The fraction of sp³-hybridized carbons (Fsp3) is 0.0196. The maximum Gasteiger partial charge on any atom is 0.136 e. The van der Waals surface area contributed by atoms with Gasteiger partial charge in [0.15, 0.2) is 0 Å². The highest BCUT2D eigenvalue weighted by Crippen LogP contribution is 2.46. The zero-order valence-corrected chi connectivity index (χ0v) is 26.4. The summed E-state index contributed by atoms with van der Waals surface area (Å²) in [5, 5.41) is -6.77. The number of rotatable bonds is 3. The summed E-state index contributed by atoms with van der Waals surface area (Å²) in [7, 11) is 0. The Balaban J connectivity index is 1.37. The highest BCUT2D eigenvalue weighted by Gasteiger charge is 2.19. The molecule has 0 radical (unpaired) electrons. The molecule has 1 heteroatoms. The van der Waals surface area contributed by atoms with Gasteiger partial charge in [0.1, 0.15) is 11.2 Å². The molecular weight excluding hydrogens is 629 g/mol. The van der Waals surface area contributed by atoms with Gasteiger partial charge in [0.2, 0.25) is 0 Å². The predicted molar refractivity (Wildman–Crippen MR) is 222 cm³/mol. The van der Waals surface area contributed by atoms with Crippen molar-refractivity contribution in [3.8, 4) is 33.4 Å². The van der Waals surface area contributed by atoms with Crippen LogP contribution in [0.4, 0.5) is 0 Å². The lowest BCUT2D eigenvalue weighted by Crippen LogP contribution is -1.92. The van der Waals surface area contributed by atoms with Crippen molar-refractivity contribution in [3.05, 3.63) is 181 Å². The van der Waals surface area contributed by atoms with E-state index in [4.69, 9.17) is 23.6 Å². The van der Waals surface area contributed by atoms with E-state index in [0.717, 1.165) is 0 Å². The minimum Gasteiger partial charge on any atom is -0.456 e. The van der Waals surface area contributed by atoms with Crippen LogP contribution in [-0.4, -0.2) is 0 Å². The minimum absolute atomic E-state index is 0.288. The van der Waals surface area contributed by atoms with Crippen molar-refractivity contribution in [2.45, 2.75) is 6.92 Å². The van der Waals surface area contributed by atoms with E-state index in [2.05, 4.69) is 0 Å². The first kappa shape index (κ1) is 12.5. The van der Waals surface area contributed by atoms with Gasteiger partial charge in [0, 0.05) is 10.8 Å².